The van der Waals surface area contributed by atoms with E-state index >= 15 is 0 Å². The van der Waals surface area contributed by atoms with E-state index in [0.29, 0.717) is 35.0 Å². The van der Waals surface area contributed by atoms with Crippen molar-refractivity contribution in [1.29, 1.82) is 0 Å². The van der Waals surface area contributed by atoms with Crippen molar-refractivity contribution in [1.82, 2.24) is 24.7 Å². The van der Waals surface area contributed by atoms with Gasteiger partial charge in [-0.05, 0) is 60.2 Å². The van der Waals surface area contributed by atoms with Gasteiger partial charge < -0.3 is 20.5 Å². The number of nitrogens with zero attached hydrogens (tertiary/aromatic N) is 5. The van der Waals surface area contributed by atoms with Crippen LogP contribution in [0.2, 0.25) is 0 Å². The normalized spacial score (nSPS) is 10.9. The topological polar surface area (TPSA) is 113 Å². The van der Waals surface area contributed by atoms with Crippen molar-refractivity contribution in [2.45, 2.75) is 6.54 Å². The molecular weight excluding hydrogens is 430 g/mol. The van der Waals surface area contributed by atoms with Gasteiger partial charge in [-0.15, -0.1) is 5.10 Å². The van der Waals surface area contributed by atoms with E-state index in [1.54, 1.807) is 31.3 Å². The van der Waals surface area contributed by atoms with Crippen LogP contribution in [0.5, 0.6) is 11.5 Å². The average Bonchev–Trinajstić information content (AvgIpc) is 3.24. The Morgan fingerprint density at radius 1 is 0.912 bits per heavy atom. The Morgan fingerprint density at radius 2 is 1.62 bits per heavy atom. The monoisotopic (exact) mass is 453 g/mol. The van der Waals surface area contributed by atoms with Gasteiger partial charge in [-0.1, -0.05) is 6.07 Å². The predicted molar refractivity (Wildman–Crippen MR) is 131 cm³/mol. The summed E-state index contributed by atoms with van der Waals surface area (Å²) in [5.41, 5.74) is 10.4. The number of ether oxygens (including phenoxy) is 2. The van der Waals surface area contributed by atoms with Crippen molar-refractivity contribution in [3.8, 4) is 28.4 Å². The first-order valence-corrected chi connectivity index (χ1v) is 10.6. The van der Waals surface area contributed by atoms with E-state index in [4.69, 9.17) is 25.3 Å². The molecule has 0 bridgehead atoms. The number of hydrogen-bond acceptors (Lipinski definition) is 8. The van der Waals surface area contributed by atoms with Crippen molar-refractivity contribution >= 4 is 22.8 Å². The lowest BCUT2D eigenvalue weighted by Gasteiger charge is -2.09. The van der Waals surface area contributed by atoms with Crippen LogP contribution in [0, 0.1) is 0 Å². The molecule has 0 saturated carbocycles. The summed E-state index contributed by atoms with van der Waals surface area (Å²) >= 11 is 0. The smallest absolute Gasteiger partial charge is 0.225 e. The van der Waals surface area contributed by atoms with E-state index in [2.05, 4.69) is 15.3 Å². The summed E-state index contributed by atoms with van der Waals surface area (Å²) in [6.45, 7) is 0.524. The fraction of sp³-hybridized carbons (Fsp3) is 0.120. The number of nitrogens with one attached hydrogen (secondary N) is 1. The van der Waals surface area contributed by atoms with E-state index in [0.717, 1.165) is 28.3 Å². The first kappa shape index (κ1) is 21.2. The second-order valence-corrected chi connectivity index (χ2v) is 7.53. The number of rotatable bonds is 7. The third kappa shape index (κ3) is 4.06. The van der Waals surface area contributed by atoms with Gasteiger partial charge >= 0.3 is 0 Å². The molecule has 170 valence electrons. The number of nitrogens with two attached hydrogens (primary N) is 1. The van der Waals surface area contributed by atoms with Gasteiger partial charge in [0.05, 0.1) is 31.0 Å². The number of nitrogen functional groups attached to an aromatic ring is 1. The molecule has 9 heteroatoms. The van der Waals surface area contributed by atoms with Crippen molar-refractivity contribution in [2.75, 3.05) is 25.3 Å². The van der Waals surface area contributed by atoms with Crippen LogP contribution in [0.1, 0.15) is 5.56 Å². The zero-order valence-electron chi connectivity index (χ0n) is 18.8. The molecule has 5 rings (SSSR count). The van der Waals surface area contributed by atoms with Gasteiger partial charge in [-0.2, -0.15) is 4.98 Å². The van der Waals surface area contributed by atoms with Gasteiger partial charge in [0.15, 0.2) is 5.65 Å². The number of benzene rings is 2. The summed E-state index contributed by atoms with van der Waals surface area (Å²) in [7, 11) is 3.26. The molecule has 0 radical (unpaired) electrons. The van der Waals surface area contributed by atoms with Gasteiger partial charge in [-0.25, -0.2) is 9.67 Å². The van der Waals surface area contributed by atoms with Gasteiger partial charge in [0.25, 0.3) is 0 Å². The first-order chi connectivity index (χ1) is 16.7. The van der Waals surface area contributed by atoms with Crippen LogP contribution in [0.3, 0.4) is 0 Å². The molecule has 0 aliphatic carbocycles. The van der Waals surface area contributed by atoms with Crippen LogP contribution in [0.25, 0.3) is 28.0 Å². The Balaban J connectivity index is 1.62. The van der Waals surface area contributed by atoms with Crippen LogP contribution >= 0.6 is 0 Å². The number of methoxy groups -OCH3 is 2. The Kier molecular flexibility index (Phi) is 5.65. The van der Waals surface area contributed by atoms with Crippen molar-refractivity contribution < 1.29 is 9.47 Å². The summed E-state index contributed by atoms with van der Waals surface area (Å²) < 4.78 is 12.2. The lowest BCUT2D eigenvalue weighted by molar-refractivity contribution is 0.414. The van der Waals surface area contributed by atoms with Gasteiger partial charge in [0, 0.05) is 24.5 Å². The largest absolute Gasteiger partial charge is 0.497 e. The maximum absolute atomic E-state index is 6.59. The lowest BCUT2D eigenvalue weighted by Crippen LogP contribution is -2.05. The summed E-state index contributed by atoms with van der Waals surface area (Å²) in [6, 6.07) is 19.0. The maximum atomic E-state index is 6.59. The van der Waals surface area contributed by atoms with E-state index < -0.39 is 0 Å². The molecule has 2 aromatic carbocycles. The minimum Gasteiger partial charge on any atom is -0.497 e. The third-order valence-electron chi connectivity index (χ3n) is 5.42. The highest BCUT2D eigenvalue weighted by Crippen LogP contribution is 2.33. The molecule has 3 aromatic heterocycles. The molecule has 3 heterocycles. The van der Waals surface area contributed by atoms with Crippen molar-refractivity contribution in [3.05, 3.63) is 78.6 Å². The van der Waals surface area contributed by atoms with E-state index in [9.17, 15) is 0 Å². The molecule has 0 atom stereocenters. The van der Waals surface area contributed by atoms with Crippen molar-refractivity contribution in [2.24, 2.45) is 0 Å². The fourth-order valence-corrected chi connectivity index (χ4v) is 3.65. The Labute approximate surface area is 196 Å². The molecule has 0 amide bonds. The predicted octanol–water partition coefficient (Wildman–Crippen LogP) is 4.09. The zero-order chi connectivity index (χ0) is 23.5. The number of fused-ring (bicyclic) bond motifs is 1. The molecule has 0 unspecified atom stereocenters. The highest BCUT2D eigenvalue weighted by molar-refractivity contribution is 5.99. The molecule has 5 aromatic rings. The quantitative estimate of drug-likeness (QED) is 0.379. The molecule has 34 heavy (non-hydrogen) atoms. The molecule has 0 aliphatic heterocycles. The van der Waals surface area contributed by atoms with E-state index in [1.165, 1.54) is 0 Å². The van der Waals surface area contributed by atoms with Gasteiger partial charge in [0.1, 0.15) is 17.3 Å². The van der Waals surface area contributed by atoms with E-state index in [-0.39, 0.29) is 0 Å². The number of anilines is 2. The minimum atomic E-state index is 0.446. The first-order valence-electron chi connectivity index (χ1n) is 10.6. The maximum Gasteiger partial charge on any atom is 0.225 e. The highest BCUT2D eigenvalue weighted by atomic mass is 16.5. The SMILES string of the molecule is COc1ccc(-c2nc(NCc3cccnc3)nc3nn(-c4ccc(OC)cc4)c(N)c23)cc1. The molecule has 0 spiro atoms. The van der Waals surface area contributed by atoms with Crippen LogP contribution in [0.15, 0.2) is 73.1 Å². The molecule has 0 saturated heterocycles. The average molecular weight is 454 g/mol. The number of hydrogen-bond donors (Lipinski definition) is 2. The summed E-state index contributed by atoms with van der Waals surface area (Å²) in [6.07, 6.45) is 3.54. The standard InChI is InChI=1S/C25H23N7O2/c1-33-19-9-5-17(6-10-19)22-21-23(26)32(18-7-11-20(34-2)12-8-18)31-24(21)30-25(29-22)28-15-16-4-3-13-27-14-16/h3-14H,15,26H2,1-2H3,(H,28,30,31). The van der Waals surface area contributed by atoms with E-state index in [1.807, 2.05) is 60.7 Å². The number of pyridine rings is 1. The zero-order valence-corrected chi connectivity index (χ0v) is 18.8. The Hall–Kier alpha value is -4.66. The van der Waals surface area contributed by atoms with Crippen LogP contribution < -0.4 is 20.5 Å². The lowest BCUT2D eigenvalue weighted by atomic mass is 10.1. The molecule has 0 aliphatic rings. The van der Waals surface area contributed by atoms with Crippen LogP contribution in [-0.4, -0.2) is 39.0 Å². The van der Waals surface area contributed by atoms with Crippen LogP contribution in [0.4, 0.5) is 11.8 Å². The Bertz CT molecular complexity index is 1420. The second kappa shape index (κ2) is 9.07. The third-order valence-corrected chi connectivity index (χ3v) is 5.42. The van der Waals surface area contributed by atoms with Gasteiger partial charge in [0.2, 0.25) is 5.95 Å². The van der Waals surface area contributed by atoms with Crippen molar-refractivity contribution in [3.63, 3.8) is 0 Å². The van der Waals surface area contributed by atoms with Crippen LogP contribution in [-0.2, 0) is 6.54 Å². The molecule has 9 nitrogen and oxygen atoms in total. The summed E-state index contributed by atoms with van der Waals surface area (Å²) in [4.78, 5) is 13.6. The fourth-order valence-electron chi connectivity index (χ4n) is 3.65. The summed E-state index contributed by atoms with van der Waals surface area (Å²) in [5.74, 6) is 2.40. The summed E-state index contributed by atoms with van der Waals surface area (Å²) in [5, 5.41) is 8.65. The molecule has 0 fully saturated rings. The van der Waals surface area contributed by atoms with Gasteiger partial charge in [-0.3, -0.25) is 4.98 Å². The second-order valence-electron chi connectivity index (χ2n) is 7.53. The number of aromatic nitrogens is 5. The highest BCUT2D eigenvalue weighted by Gasteiger charge is 2.19. The molecular formula is C25H23N7O2. The Morgan fingerprint density at radius 3 is 2.26 bits per heavy atom. The minimum absolute atomic E-state index is 0.446. The molecule has 3 N–H and O–H groups in total.